The van der Waals surface area contributed by atoms with Crippen LogP contribution in [0.15, 0.2) is 96.0 Å². The van der Waals surface area contributed by atoms with Gasteiger partial charge in [-0.3, -0.25) is 0 Å². The summed E-state index contributed by atoms with van der Waals surface area (Å²) in [5.41, 5.74) is 6.04. The van der Waals surface area contributed by atoms with Crippen molar-refractivity contribution in [1.82, 2.24) is 0 Å². The van der Waals surface area contributed by atoms with E-state index in [1.807, 2.05) is 18.2 Å². The quantitative estimate of drug-likeness (QED) is 0.326. The number of nitrogens with one attached hydrogen (secondary N) is 1. The molecule has 5 rings (SSSR count). The molecule has 0 bridgehead atoms. The van der Waals surface area contributed by atoms with Crippen molar-refractivity contribution in [2.45, 2.75) is 5.62 Å². The van der Waals surface area contributed by atoms with Gasteiger partial charge in [-0.25, -0.2) is 4.99 Å². The van der Waals surface area contributed by atoms with Gasteiger partial charge in [0.05, 0.1) is 11.4 Å². The number of hydrogen-bond donors (Lipinski definition) is 1. The van der Waals surface area contributed by atoms with Crippen LogP contribution in [0.25, 0.3) is 21.9 Å². The van der Waals surface area contributed by atoms with Gasteiger partial charge in [-0.1, -0.05) is 103 Å². The molecule has 1 unspecified atom stereocenters. The molecule has 1 aliphatic heterocycles. The number of rotatable bonds is 2. The Morgan fingerprint density at radius 2 is 1.33 bits per heavy atom. The Bertz CT molecular complexity index is 1150. The van der Waals surface area contributed by atoms with Crippen molar-refractivity contribution in [3.63, 3.8) is 0 Å². The molecule has 0 spiro atoms. The number of anilines is 1. The number of alkyl halides is 1. The van der Waals surface area contributed by atoms with E-state index in [2.05, 4.69) is 83.1 Å². The predicted molar refractivity (Wildman–Crippen MR) is 115 cm³/mol. The van der Waals surface area contributed by atoms with Crippen molar-refractivity contribution in [3.05, 3.63) is 102 Å². The van der Waals surface area contributed by atoms with Gasteiger partial charge in [0.1, 0.15) is 0 Å². The Balaban J connectivity index is 1.60. The van der Waals surface area contributed by atoms with E-state index in [4.69, 9.17) is 11.6 Å². The summed E-state index contributed by atoms with van der Waals surface area (Å²) in [5.74, 6) is 0. The minimum atomic E-state index is -0.480. The highest BCUT2D eigenvalue weighted by atomic mass is 35.5. The lowest BCUT2D eigenvalue weighted by Gasteiger charge is -2.24. The van der Waals surface area contributed by atoms with Gasteiger partial charge >= 0.3 is 0 Å². The standard InChI is InChI=1S/C24H17ClN2/c25-24-26-22(19-12-10-17(11-13-19)16-6-2-1-3-7-16)21-15-14-18-8-4-5-9-20(18)23(21)27-24/h1-15,24,27H. The normalized spacial score (nSPS) is 15.7. The van der Waals surface area contributed by atoms with Crippen molar-refractivity contribution < 1.29 is 0 Å². The summed E-state index contributed by atoms with van der Waals surface area (Å²) in [5, 5.41) is 5.67. The van der Waals surface area contributed by atoms with Crippen LogP contribution in [-0.4, -0.2) is 11.3 Å². The monoisotopic (exact) mass is 368 g/mol. The molecule has 0 aromatic heterocycles. The first-order chi connectivity index (χ1) is 13.3. The van der Waals surface area contributed by atoms with E-state index in [1.165, 1.54) is 16.5 Å². The third-order valence-electron chi connectivity index (χ3n) is 4.96. The smallest absolute Gasteiger partial charge is 0.196 e. The summed E-state index contributed by atoms with van der Waals surface area (Å²) in [6.07, 6.45) is 0. The third-order valence-corrected chi connectivity index (χ3v) is 5.16. The maximum absolute atomic E-state index is 6.42. The molecule has 0 fully saturated rings. The van der Waals surface area contributed by atoms with Crippen LogP contribution in [0.3, 0.4) is 0 Å². The van der Waals surface area contributed by atoms with Gasteiger partial charge in [0.15, 0.2) is 5.62 Å². The summed E-state index contributed by atoms with van der Waals surface area (Å²) >= 11 is 6.42. The van der Waals surface area contributed by atoms with Gasteiger partial charge in [-0.05, 0) is 16.5 Å². The van der Waals surface area contributed by atoms with Crippen molar-refractivity contribution >= 4 is 33.8 Å². The van der Waals surface area contributed by atoms with Gasteiger partial charge in [-0.15, -0.1) is 0 Å². The lowest BCUT2D eigenvalue weighted by atomic mass is 9.94. The number of fused-ring (bicyclic) bond motifs is 3. The lowest BCUT2D eigenvalue weighted by molar-refractivity contribution is 1.03. The molecule has 4 aromatic carbocycles. The van der Waals surface area contributed by atoms with Crippen LogP contribution in [0.4, 0.5) is 5.69 Å². The Hall–Kier alpha value is -3.10. The van der Waals surface area contributed by atoms with Crippen LogP contribution in [0.5, 0.6) is 0 Å². The van der Waals surface area contributed by atoms with E-state index in [0.717, 1.165) is 27.9 Å². The van der Waals surface area contributed by atoms with E-state index in [9.17, 15) is 0 Å². The zero-order chi connectivity index (χ0) is 18.2. The molecule has 0 aliphatic carbocycles. The molecule has 0 radical (unpaired) electrons. The second kappa shape index (κ2) is 6.57. The maximum Gasteiger partial charge on any atom is 0.196 e. The summed E-state index contributed by atoms with van der Waals surface area (Å²) in [6.45, 7) is 0. The summed E-state index contributed by atoms with van der Waals surface area (Å²) in [4.78, 5) is 4.67. The fourth-order valence-corrected chi connectivity index (χ4v) is 3.85. The average Bonchev–Trinajstić information content (AvgIpc) is 2.74. The molecule has 1 N–H and O–H groups in total. The molecule has 2 nitrogen and oxygen atoms in total. The van der Waals surface area contributed by atoms with Crippen molar-refractivity contribution in [3.8, 4) is 11.1 Å². The second-order valence-corrected chi connectivity index (χ2v) is 7.02. The highest BCUT2D eigenvalue weighted by Crippen LogP contribution is 2.34. The zero-order valence-electron chi connectivity index (χ0n) is 14.6. The van der Waals surface area contributed by atoms with Crippen LogP contribution < -0.4 is 5.32 Å². The van der Waals surface area contributed by atoms with Gasteiger partial charge in [0.2, 0.25) is 0 Å². The fourth-order valence-electron chi connectivity index (χ4n) is 3.64. The molecule has 130 valence electrons. The molecule has 0 amide bonds. The van der Waals surface area contributed by atoms with Crippen molar-refractivity contribution in [2.24, 2.45) is 4.99 Å². The van der Waals surface area contributed by atoms with Crippen LogP contribution in [0.1, 0.15) is 11.1 Å². The number of hydrogen-bond acceptors (Lipinski definition) is 2. The Morgan fingerprint density at radius 1 is 0.667 bits per heavy atom. The van der Waals surface area contributed by atoms with Crippen molar-refractivity contribution in [1.29, 1.82) is 0 Å². The van der Waals surface area contributed by atoms with E-state index in [1.54, 1.807) is 0 Å². The molecule has 1 atom stereocenters. The molecule has 1 heterocycles. The first-order valence-electron chi connectivity index (χ1n) is 8.96. The van der Waals surface area contributed by atoms with Crippen LogP contribution in [0.2, 0.25) is 0 Å². The lowest BCUT2D eigenvalue weighted by Crippen LogP contribution is -2.22. The summed E-state index contributed by atoms with van der Waals surface area (Å²) < 4.78 is 0. The molecular formula is C24H17ClN2. The van der Waals surface area contributed by atoms with E-state index in [-0.39, 0.29) is 0 Å². The molecule has 27 heavy (non-hydrogen) atoms. The molecule has 3 heteroatoms. The molecule has 0 saturated carbocycles. The Kier molecular flexibility index (Phi) is 3.92. The minimum absolute atomic E-state index is 0.480. The van der Waals surface area contributed by atoms with E-state index in [0.29, 0.717) is 0 Å². The highest BCUT2D eigenvalue weighted by Gasteiger charge is 2.21. The van der Waals surface area contributed by atoms with Gasteiger partial charge < -0.3 is 5.32 Å². The predicted octanol–water partition coefficient (Wildman–Crippen LogP) is 6.29. The second-order valence-electron chi connectivity index (χ2n) is 6.61. The first-order valence-corrected chi connectivity index (χ1v) is 9.40. The largest absolute Gasteiger partial charge is 0.350 e. The zero-order valence-corrected chi connectivity index (χ0v) is 15.3. The summed E-state index contributed by atoms with van der Waals surface area (Å²) in [6, 6.07) is 31.5. The van der Waals surface area contributed by atoms with E-state index < -0.39 is 5.62 Å². The number of benzene rings is 4. The molecular weight excluding hydrogens is 352 g/mol. The SMILES string of the molecule is ClC1N=C(c2ccc(-c3ccccc3)cc2)c2ccc3ccccc3c2N1. The number of halogens is 1. The summed E-state index contributed by atoms with van der Waals surface area (Å²) in [7, 11) is 0. The average molecular weight is 369 g/mol. The number of nitrogens with zero attached hydrogens (tertiary/aromatic N) is 1. The van der Waals surface area contributed by atoms with Crippen molar-refractivity contribution in [2.75, 3.05) is 5.32 Å². The topological polar surface area (TPSA) is 24.4 Å². The highest BCUT2D eigenvalue weighted by molar-refractivity contribution is 6.27. The van der Waals surface area contributed by atoms with Crippen LogP contribution >= 0.6 is 11.6 Å². The Labute approximate surface area is 163 Å². The van der Waals surface area contributed by atoms with Gasteiger partial charge in [-0.2, -0.15) is 0 Å². The van der Waals surface area contributed by atoms with Crippen LogP contribution in [0, 0.1) is 0 Å². The first kappa shape index (κ1) is 16.1. The Morgan fingerprint density at radius 3 is 2.15 bits per heavy atom. The number of aliphatic imine (C=N–C) groups is 1. The molecule has 4 aromatic rings. The van der Waals surface area contributed by atoms with Gasteiger partial charge in [0.25, 0.3) is 0 Å². The maximum atomic E-state index is 6.42. The van der Waals surface area contributed by atoms with E-state index >= 15 is 0 Å². The molecule has 0 saturated heterocycles. The fraction of sp³-hybridized carbons (Fsp3) is 0.0417. The minimum Gasteiger partial charge on any atom is -0.350 e. The molecule has 1 aliphatic rings. The van der Waals surface area contributed by atoms with Crippen LogP contribution in [-0.2, 0) is 0 Å². The third kappa shape index (κ3) is 2.88. The van der Waals surface area contributed by atoms with Gasteiger partial charge in [0, 0.05) is 16.5 Å².